The van der Waals surface area contributed by atoms with Crippen molar-refractivity contribution < 1.29 is 12.8 Å². The second kappa shape index (κ2) is 5.24. The van der Waals surface area contributed by atoms with Crippen LogP contribution in [0.15, 0.2) is 45.9 Å². The van der Waals surface area contributed by atoms with E-state index in [4.69, 9.17) is 21.8 Å². The first kappa shape index (κ1) is 13.9. The van der Waals surface area contributed by atoms with E-state index in [1.54, 1.807) is 19.1 Å². The molecule has 3 N–H and O–H groups in total. The Labute approximate surface area is 116 Å². The van der Waals surface area contributed by atoms with Gasteiger partial charge in [-0.25, -0.2) is 13.1 Å². The first-order valence-electron chi connectivity index (χ1n) is 5.51. The molecule has 0 saturated carbocycles. The molecule has 5 nitrogen and oxygen atoms in total. The molecule has 2 aromatic rings. The Kier molecular flexibility index (Phi) is 3.84. The molecule has 7 heteroatoms. The minimum Gasteiger partial charge on any atom is -0.468 e. The van der Waals surface area contributed by atoms with Crippen LogP contribution in [0.3, 0.4) is 0 Å². The average Bonchev–Trinajstić information content (AvgIpc) is 2.80. The lowest BCUT2D eigenvalue weighted by Crippen LogP contribution is -2.26. The highest BCUT2D eigenvalue weighted by molar-refractivity contribution is 7.89. The fourth-order valence-corrected chi connectivity index (χ4v) is 3.39. The van der Waals surface area contributed by atoms with Crippen LogP contribution in [0.4, 0.5) is 5.69 Å². The van der Waals surface area contributed by atoms with Gasteiger partial charge in [0.05, 0.1) is 17.3 Å². The zero-order valence-electron chi connectivity index (χ0n) is 10.1. The fourth-order valence-electron chi connectivity index (χ4n) is 1.63. The van der Waals surface area contributed by atoms with E-state index in [2.05, 4.69) is 4.72 Å². The summed E-state index contributed by atoms with van der Waals surface area (Å²) in [5.74, 6) is 0.523. The summed E-state index contributed by atoms with van der Waals surface area (Å²) in [6.07, 6.45) is 1.48. The molecule has 0 spiro atoms. The quantitative estimate of drug-likeness (QED) is 0.850. The number of anilines is 1. The maximum atomic E-state index is 12.2. The summed E-state index contributed by atoms with van der Waals surface area (Å²) in [5.41, 5.74) is 5.94. The molecule has 1 atom stereocenters. The number of furan rings is 1. The maximum absolute atomic E-state index is 12.2. The molecular formula is C12H13ClN2O3S. The third-order valence-corrected chi connectivity index (χ3v) is 4.57. The van der Waals surface area contributed by atoms with Crippen molar-refractivity contribution in [2.45, 2.75) is 17.9 Å². The number of sulfonamides is 1. The van der Waals surface area contributed by atoms with Gasteiger partial charge in [-0.1, -0.05) is 11.6 Å². The smallest absolute Gasteiger partial charge is 0.242 e. The van der Waals surface area contributed by atoms with Gasteiger partial charge in [0.15, 0.2) is 0 Å². The number of hydrogen-bond acceptors (Lipinski definition) is 4. The molecule has 0 radical (unpaired) electrons. The van der Waals surface area contributed by atoms with Gasteiger partial charge in [0.25, 0.3) is 0 Å². The minimum absolute atomic E-state index is 0.0122. The van der Waals surface area contributed by atoms with Crippen molar-refractivity contribution >= 4 is 27.3 Å². The molecule has 0 bridgehead atoms. The Balaban J connectivity index is 2.28. The third kappa shape index (κ3) is 3.09. The van der Waals surface area contributed by atoms with Gasteiger partial charge in [0.1, 0.15) is 10.7 Å². The van der Waals surface area contributed by atoms with Crippen LogP contribution >= 0.6 is 11.6 Å². The summed E-state index contributed by atoms with van der Waals surface area (Å²) < 4.78 is 32.0. The summed E-state index contributed by atoms with van der Waals surface area (Å²) in [6, 6.07) is 7.14. The van der Waals surface area contributed by atoms with Crippen LogP contribution in [0.2, 0.25) is 5.02 Å². The van der Waals surface area contributed by atoms with Crippen molar-refractivity contribution in [2.75, 3.05) is 5.73 Å². The van der Waals surface area contributed by atoms with Crippen molar-refractivity contribution in [3.8, 4) is 0 Å². The Morgan fingerprint density at radius 1 is 1.37 bits per heavy atom. The predicted molar refractivity (Wildman–Crippen MR) is 73.3 cm³/mol. The largest absolute Gasteiger partial charge is 0.468 e. The highest BCUT2D eigenvalue weighted by atomic mass is 35.5. The maximum Gasteiger partial charge on any atom is 0.242 e. The summed E-state index contributed by atoms with van der Waals surface area (Å²) in [5, 5.41) is 0.0825. The summed E-state index contributed by atoms with van der Waals surface area (Å²) in [4.78, 5) is -0.0122. The summed E-state index contributed by atoms with van der Waals surface area (Å²) in [6.45, 7) is 1.68. The Morgan fingerprint density at radius 2 is 2.11 bits per heavy atom. The molecule has 0 fully saturated rings. The zero-order valence-corrected chi connectivity index (χ0v) is 11.7. The molecule has 1 aromatic carbocycles. The normalized spacial score (nSPS) is 13.4. The van der Waals surface area contributed by atoms with E-state index in [1.807, 2.05) is 0 Å². The lowest BCUT2D eigenvalue weighted by molar-refractivity contribution is 0.459. The van der Waals surface area contributed by atoms with Crippen molar-refractivity contribution in [3.05, 3.63) is 47.4 Å². The van der Waals surface area contributed by atoms with E-state index in [1.165, 1.54) is 24.5 Å². The molecule has 19 heavy (non-hydrogen) atoms. The molecule has 0 aliphatic carbocycles. The highest BCUT2D eigenvalue weighted by Gasteiger charge is 2.22. The number of rotatable bonds is 4. The highest BCUT2D eigenvalue weighted by Crippen LogP contribution is 2.25. The average molecular weight is 301 g/mol. The van der Waals surface area contributed by atoms with Gasteiger partial charge in [-0.15, -0.1) is 0 Å². The zero-order chi connectivity index (χ0) is 14.0. The van der Waals surface area contributed by atoms with E-state index in [0.717, 1.165) is 0 Å². The molecule has 0 saturated heterocycles. The molecule has 1 unspecified atom stereocenters. The van der Waals surface area contributed by atoms with Crippen LogP contribution in [0, 0.1) is 0 Å². The Morgan fingerprint density at radius 3 is 2.68 bits per heavy atom. The fraction of sp³-hybridized carbons (Fsp3) is 0.167. The lowest BCUT2D eigenvalue weighted by Gasteiger charge is -2.13. The standard InChI is InChI=1S/C12H13ClN2O3S/c1-8(11-3-2-6-18-11)15-19(16,17)12-5-4-9(14)7-10(12)13/h2-8,15H,14H2,1H3. The van der Waals surface area contributed by atoms with E-state index in [-0.39, 0.29) is 9.92 Å². The van der Waals surface area contributed by atoms with Crippen molar-refractivity contribution in [2.24, 2.45) is 0 Å². The van der Waals surface area contributed by atoms with Gasteiger partial charge in [-0.05, 0) is 37.3 Å². The molecular weight excluding hydrogens is 288 g/mol. The number of nitrogens with one attached hydrogen (secondary N) is 1. The number of hydrogen-bond donors (Lipinski definition) is 2. The SMILES string of the molecule is CC(NS(=O)(=O)c1ccc(N)cc1Cl)c1ccco1. The summed E-state index contributed by atoms with van der Waals surface area (Å²) >= 11 is 5.90. The van der Waals surface area contributed by atoms with Gasteiger partial charge in [0, 0.05) is 5.69 Å². The number of halogens is 1. The molecule has 102 valence electrons. The monoisotopic (exact) mass is 300 g/mol. The Bertz CT molecular complexity index is 668. The van der Waals surface area contributed by atoms with Crippen molar-refractivity contribution in [1.82, 2.24) is 4.72 Å². The number of benzene rings is 1. The van der Waals surface area contributed by atoms with Gasteiger partial charge < -0.3 is 10.2 Å². The van der Waals surface area contributed by atoms with Crippen LogP contribution in [0.25, 0.3) is 0 Å². The van der Waals surface area contributed by atoms with Gasteiger partial charge in [-0.2, -0.15) is 0 Å². The molecule has 2 rings (SSSR count). The molecule has 1 aromatic heterocycles. The lowest BCUT2D eigenvalue weighted by atomic mass is 10.3. The molecule has 0 aliphatic heterocycles. The molecule has 1 heterocycles. The summed E-state index contributed by atoms with van der Waals surface area (Å²) in [7, 11) is -3.73. The molecule has 0 amide bonds. The number of nitrogens with two attached hydrogens (primary N) is 1. The van der Waals surface area contributed by atoms with Crippen LogP contribution in [-0.2, 0) is 10.0 Å². The minimum atomic E-state index is -3.73. The third-order valence-electron chi connectivity index (χ3n) is 2.55. The molecule has 0 aliphatic rings. The predicted octanol–water partition coefficient (Wildman–Crippen LogP) is 2.55. The second-order valence-corrected chi connectivity index (χ2v) is 6.14. The van der Waals surface area contributed by atoms with E-state index >= 15 is 0 Å². The van der Waals surface area contributed by atoms with E-state index < -0.39 is 16.1 Å². The van der Waals surface area contributed by atoms with Crippen molar-refractivity contribution in [1.29, 1.82) is 0 Å². The van der Waals surface area contributed by atoms with Crippen LogP contribution < -0.4 is 10.5 Å². The second-order valence-electron chi connectivity index (χ2n) is 4.05. The van der Waals surface area contributed by atoms with Crippen LogP contribution in [0.1, 0.15) is 18.7 Å². The first-order valence-corrected chi connectivity index (χ1v) is 7.37. The van der Waals surface area contributed by atoms with Crippen LogP contribution in [-0.4, -0.2) is 8.42 Å². The first-order chi connectivity index (χ1) is 8.90. The van der Waals surface area contributed by atoms with Gasteiger partial charge in [-0.3, -0.25) is 0 Å². The Hall–Kier alpha value is -1.50. The van der Waals surface area contributed by atoms with Crippen molar-refractivity contribution in [3.63, 3.8) is 0 Å². The van der Waals surface area contributed by atoms with Crippen LogP contribution in [0.5, 0.6) is 0 Å². The number of nitrogen functional groups attached to an aromatic ring is 1. The van der Waals surface area contributed by atoms with E-state index in [0.29, 0.717) is 11.4 Å². The topological polar surface area (TPSA) is 85.3 Å². The van der Waals surface area contributed by atoms with Gasteiger partial charge in [0.2, 0.25) is 10.0 Å². The van der Waals surface area contributed by atoms with E-state index in [9.17, 15) is 8.42 Å². The van der Waals surface area contributed by atoms with Gasteiger partial charge >= 0.3 is 0 Å².